The van der Waals surface area contributed by atoms with Gasteiger partial charge in [0.15, 0.2) is 0 Å². The SMILES string of the molecule is C/C=C\N(C)CNc1cccc(N2C=CN(C)C2)c1. The summed E-state index contributed by atoms with van der Waals surface area (Å²) in [6.45, 7) is 3.72. The second-order valence-corrected chi connectivity index (χ2v) is 4.79. The van der Waals surface area contributed by atoms with E-state index < -0.39 is 0 Å². The van der Waals surface area contributed by atoms with Crippen LogP contribution in [0.3, 0.4) is 0 Å². The first-order valence-corrected chi connectivity index (χ1v) is 6.51. The molecule has 102 valence electrons. The highest BCUT2D eigenvalue weighted by Gasteiger charge is 2.10. The van der Waals surface area contributed by atoms with Gasteiger partial charge < -0.3 is 20.0 Å². The van der Waals surface area contributed by atoms with E-state index in [4.69, 9.17) is 0 Å². The molecule has 0 radical (unpaired) electrons. The number of allylic oxidation sites excluding steroid dienone is 1. The minimum atomic E-state index is 0.795. The van der Waals surface area contributed by atoms with Crippen molar-refractivity contribution in [2.24, 2.45) is 0 Å². The lowest BCUT2D eigenvalue weighted by Gasteiger charge is -2.20. The van der Waals surface area contributed by atoms with Gasteiger partial charge in [0.2, 0.25) is 0 Å². The molecule has 0 aromatic heterocycles. The zero-order valence-electron chi connectivity index (χ0n) is 11.9. The van der Waals surface area contributed by atoms with Crippen molar-refractivity contribution in [3.05, 3.63) is 48.9 Å². The van der Waals surface area contributed by atoms with Gasteiger partial charge >= 0.3 is 0 Å². The number of hydrogen-bond donors (Lipinski definition) is 1. The molecule has 1 N–H and O–H groups in total. The summed E-state index contributed by atoms with van der Waals surface area (Å²) in [5, 5.41) is 3.41. The predicted octanol–water partition coefficient (Wildman–Crippen LogP) is 2.70. The summed E-state index contributed by atoms with van der Waals surface area (Å²) in [7, 11) is 4.12. The molecule has 1 heterocycles. The van der Waals surface area contributed by atoms with E-state index >= 15 is 0 Å². The molecule has 1 aliphatic heterocycles. The molecular weight excluding hydrogens is 236 g/mol. The Morgan fingerprint density at radius 2 is 2.21 bits per heavy atom. The summed E-state index contributed by atoms with van der Waals surface area (Å²) in [5.41, 5.74) is 2.34. The molecule has 0 amide bonds. The molecule has 0 bridgehead atoms. The van der Waals surface area contributed by atoms with Crippen LogP contribution in [0, 0.1) is 0 Å². The quantitative estimate of drug-likeness (QED) is 0.820. The van der Waals surface area contributed by atoms with E-state index in [2.05, 4.69) is 77.0 Å². The van der Waals surface area contributed by atoms with Gasteiger partial charge in [-0.3, -0.25) is 0 Å². The lowest BCUT2D eigenvalue weighted by atomic mass is 10.2. The van der Waals surface area contributed by atoms with Crippen molar-refractivity contribution in [1.82, 2.24) is 9.80 Å². The summed E-state index contributed by atoms with van der Waals surface area (Å²) < 4.78 is 0. The molecule has 2 rings (SSSR count). The highest BCUT2D eigenvalue weighted by molar-refractivity contribution is 5.59. The molecule has 4 heteroatoms. The Morgan fingerprint density at radius 3 is 2.89 bits per heavy atom. The monoisotopic (exact) mass is 258 g/mol. The van der Waals surface area contributed by atoms with Gasteiger partial charge in [0, 0.05) is 37.9 Å². The fourth-order valence-corrected chi connectivity index (χ4v) is 2.01. The third-order valence-electron chi connectivity index (χ3n) is 2.99. The molecule has 4 nitrogen and oxygen atoms in total. The van der Waals surface area contributed by atoms with E-state index in [1.807, 2.05) is 13.0 Å². The van der Waals surface area contributed by atoms with Gasteiger partial charge in [0.05, 0.1) is 13.3 Å². The maximum atomic E-state index is 3.41. The standard InChI is InChI=1S/C15H22N4/c1-4-8-17(2)12-16-14-6-5-7-15(11-14)19-10-9-18(3)13-19/h4-11,16H,12-13H2,1-3H3/b8-4-. The van der Waals surface area contributed by atoms with Gasteiger partial charge in [-0.05, 0) is 31.3 Å². The van der Waals surface area contributed by atoms with Gasteiger partial charge in [-0.25, -0.2) is 0 Å². The summed E-state index contributed by atoms with van der Waals surface area (Å²) in [4.78, 5) is 6.48. The maximum absolute atomic E-state index is 3.41. The van der Waals surface area contributed by atoms with Crippen molar-refractivity contribution in [3.8, 4) is 0 Å². The largest absolute Gasteiger partial charge is 0.368 e. The first-order valence-electron chi connectivity index (χ1n) is 6.51. The van der Waals surface area contributed by atoms with Crippen LogP contribution in [0.2, 0.25) is 0 Å². The molecule has 0 saturated heterocycles. The fraction of sp³-hybridized carbons (Fsp3) is 0.333. The van der Waals surface area contributed by atoms with Crippen LogP contribution >= 0.6 is 0 Å². The highest BCUT2D eigenvalue weighted by atomic mass is 15.3. The van der Waals surface area contributed by atoms with Crippen molar-refractivity contribution in [2.45, 2.75) is 6.92 Å². The molecule has 0 spiro atoms. The van der Waals surface area contributed by atoms with Crippen LogP contribution in [0.25, 0.3) is 0 Å². The van der Waals surface area contributed by atoms with Crippen LogP contribution in [-0.4, -0.2) is 37.2 Å². The molecule has 19 heavy (non-hydrogen) atoms. The Hall–Kier alpha value is -2.10. The fourth-order valence-electron chi connectivity index (χ4n) is 2.01. The molecular formula is C15H22N4. The second-order valence-electron chi connectivity index (χ2n) is 4.79. The van der Waals surface area contributed by atoms with Crippen molar-refractivity contribution < 1.29 is 0 Å². The molecule has 0 unspecified atom stereocenters. The molecule has 0 fully saturated rings. The number of nitrogens with zero attached hydrogens (tertiary/aromatic N) is 3. The van der Waals surface area contributed by atoms with Crippen LogP contribution in [0.15, 0.2) is 48.9 Å². The number of rotatable bonds is 5. The van der Waals surface area contributed by atoms with Gasteiger partial charge in [-0.1, -0.05) is 12.1 Å². The first-order chi connectivity index (χ1) is 9.19. The van der Waals surface area contributed by atoms with Gasteiger partial charge in [0.25, 0.3) is 0 Å². The number of anilines is 2. The number of nitrogens with one attached hydrogen (secondary N) is 1. The van der Waals surface area contributed by atoms with E-state index in [0.29, 0.717) is 0 Å². The van der Waals surface area contributed by atoms with Crippen LogP contribution in [0.4, 0.5) is 11.4 Å². The average Bonchev–Trinajstić information content (AvgIpc) is 2.84. The Balaban J connectivity index is 1.97. The Morgan fingerprint density at radius 1 is 1.37 bits per heavy atom. The van der Waals surface area contributed by atoms with Crippen molar-refractivity contribution in [2.75, 3.05) is 37.6 Å². The Labute approximate surface area is 115 Å². The lowest BCUT2D eigenvalue weighted by molar-refractivity contribution is 0.490. The van der Waals surface area contributed by atoms with Gasteiger partial charge in [-0.2, -0.15) is 0 Å². The minimum absolute atomic E-state index is 0.795. The molecule has 1 aromatic rings. The average molecular weight is 258 g/mol. The van der Waals surface area contributed by atoms with Crippen LogP contribution in [0.5, 0.6) is 0 Å². The second kappa shape index (κ2) is 6.18. The van der Waals surface area contributed by atoms with Gasteiger partial charge in [0.1, 0.15) is 0 Å². The van der Waals surface area contributed by atoms with Crippen LogP contribution in [0.1, 0.15) is 6.92 Å². The summed E-state index contributed by atoms with van der Waals surface area (Å²) in [6.07, 6.45) is 8.27. The molecule has 1 aromatic carbocycles. The van der Waals surface area contributed by atoms with Gasteiger partial charge in [-0.15, -0.1) is 0 Å². The van der Waals surface area contributed by atoms with Crippen molar-refractivity contribution >= 4 is 11.4 Å². The predicted molar refractivity (Wildman–Crippen MR) is 81.8 cm³/mol. The summed E-state index contributed by atoms with van der Waals surface area (Å²) in [6, 6.07) is 8.48. The normalized spacial score (nSPS) is 14.5. The van der Waals surface area contributed by atoms with E-state index in [1.165, 1.54) is 5.69 Å². The smallest absolute Gasteiger partial charge is 0.0938 e. The van der Waals surface area contributed by atoms with Crippen LogP contribution < -0.4 is 10.2 Å². The van der Waals surface area contributed by atoms with E-state index in [-0.39, 0.29) is 0 Å². The molecule has 0 atom stereocenters. The van der Waals surface area contributed by atoms with Crippen LogP contribution in [-0.2, 0) is 0 Å². The maximum Gasteiger partial charge on any atom is 0.0938 e. The summed E-state index contributed by atoms with van der Waals surface area (Å²) >= 11 is 0. The third-order valence-corrected chi connectivity index (χ3v) is 2.99. The highest BCUT2D eigenvalue weighted by Crippen LogP contribution is 2.22. The van der Waals surface area contributed by atoms with E-state index in [0.717, 1.165) is 19.0 Å². The zero-order valence-corrected chi connectivity index (χ0v) is 11.9. The topological polar surface area (TPSA) is 21.8 Å². The minimum Gasteiger partial charge on any atom is -0.368 e. The number of hydrogen-bond acceptors (Lipinski definition) is 4. The molecule has 1 aliphatic rings. The third kappa shape index (κ3) is 3.68. The molecule has 0 aliphatic carbocycles. The van der Waals surface area contributed by atoms with E-state index in [1.54, 1.807) is 0 Å². The van der Waals surface area contributed by atoms with Crippen molar-refractivity contribution in [1.29, 1.82) is 0 Å². The number of benzene rings is 1. The Kier molecular flexibility index (Phi) is 4.34. The van der Waals surface area contributed by atoms with Crippen molar-refractivity contribution in [3.63, 3.8) is 0 Å². The summed E-state index contributed by atoms with van der Waals surface area (Å²) in [5.74, 6) is 0. The Bertz CT molecular complexity index is 467. The van der Waals surface area contributed by atoms with E-state index in [9.17, 15) is 0 Å². The lowest BCUT2D eigenvalue weighted by Crippen LogP contribution is -2.22. The first kappa shape index (κ1) is 13.3. The zero-order chi connectivity index (χ0) is 13.7. The molecule has 0 saturated carbocycles.